The topological polar surface area (TPSA) is 22.1 Å². The average molecular weight is 260 g/mol. The van der Waals surface area contributed by atoms with Gasteiger partial charge in [0.15, 0.2) is 5.82 Å². The van der Waals surface area contributed by atoms with Crippen LogP contribution in [-0.4, -0.2) is 11.6 Å². The number of hydrogen-bond acceptors (Lipinski definition) is 2. The van der Waals surface area contributed by atoms with Crippen LogP contribution in [0.5, 0.6) is 5.88 Å². The van der Waals surface area contributed by atoms with Crippen LogP contribution >= 0.6 is 11.6 Å². The molecule has 0 aromatic carbocycles. The molecule has 1 heterocycles. The Labute approximate surface area is 107 Å². The van der Waals surface area contributed by atoms with Crippen LogP contribution in [0.25, 0.3) is 0 Å². The molecule has 1 aromatic heterocycles. The molecule has 2 nitrogen and oxygen atoms in total. The lowest BCUT2D eigenvalue weighted by Crippen LogP contribution is -2.02. The zero-order valence-corrected chi connectivity index (χ0v) is 11.0. The summed E-state index contributed by atoms with van der Waals surface area (Å²) in [6, 6.07) is 1.57. The third-order valence-corrected chi connectivity index (χ3v) is 2.86. The minimum atomic E-state index is -0.434. The van der Waals surface area contributed by atoms with Crippen LogP contribution in [0, 0.1) is 5.82 Å². The van der Waals surface area contributed by atoms with E-state index >= 15 is 0 Å². The normalized spacial score (nSPS) is 10.5. The molecule has 0 aliphatic heterocycles. The fourth-order valence-electron chi connectivity index (χ4n) is 1.54. The van der Waals surface area contributed by atoms with Gasteiger partial charge in [0, 0.05) is 11.8 Å². The summed E-state index contributed by atoms with van der Waals surface area (Å²) in [4.78, 5) is 3.86. The van der Waals surface area contributed by atoms with E-state index in [1.54, 1.807) is 6.07 Å². The maximum Gasteiger partial charge on any atom is 0.250 e. The first-order valence-electron chi connectivity index (χ1n) is 6.11. The second kappa shape index (κ2) is 8.29. The van der Waals surface area contributed by atoms with Gasteiger partial charge in [0.1, 0.15) is 0 Å². The number of rotatable bonds is 8. The minimum absolute atomic E-state index is 0.0682. The van der Waals surface area contributed by atoms with Gasteiger partial charge in [0.2, 0.25) is 0 Å². The highest BCUT2D eigenvalue weighted by Crippen LogP contribution is 2.19. The quantitative estimate of drug-likeness (QED) is 0.513. The number of alkyl halides is 1. The number of unbranched alkanes of at least 4 members (excludes halogenated alkanes) is 4. The minimum Gasteiger partial charge on any atom is -0.476 e. The van der Waals surface area contributed by atoms with Crippen molar-refractivity contribution in [3.05, 3.63) is 23.6 Å². The first-order chi connectivity index (χ1) is 8.29. The Hall–Kier alpha value is -0.830. The molecule has 0 fully saturated rings. The smallest absolute Gasteiger partial charge is 0.250 e. The molecule has 0 atom stereocenters. The second-order valence-corrected chi connectivity index (χ2v) is 4.25. The Morgan fingerprint density at radius 2 is 2.06 bits per heavy atom. The largest absolute Gasteiger partial charge is 0.476 e. The van der Waals surface area contributed by atoms with Gasteiger partial charge in [-0.3, -0.25) is 0 Å². The monoisotopic (exact) mass is 259 g/mol. The fourth-order valence-corrected chi connectivity index (χ4v) is 1.75. The summed E-state index contributed by atoms with van der Waals surface area (Å²) >= 11 is 5.60. The lowest BCUT2D eigenvalue weighted by Gasteiger charge is -2.07. The van der Waals surface area contributed by atoms with Crippen molar-refractivity contribution in [3.63, 3.8) is 0 Å². The van der Waals surface area contributed by atoms with Gasteiger partial charge in [-0.1, -0.05) is 32.6 Å². The Balaban J connectivity index is 2.31. The Bertz CT molecular complexity index is 333. The highest BCUT2D eigenvalue weighted by atomic mass is 35.5. The van der Waals surface area contributed by atoms with Crippen LogP contribution < -0.4 is 4.74 Å². The number of ether oxygens (including phenoxy) is 1. The van der Waals surface area contributed by atoms with Crippen molar-refractivity contribution in [2.24, 2.45) is 0 Å². The zero-order chi connectivity index (χ0) is 12.5. The standard InChI is InChI=1S/C13H19ClFNO/c1-2-3-4-5-6-9-17-13-12(15)11(10-14)7-8-16-13/h7-8H,2-6,9-10H2,1H3. The second-order valence-electron chi connectivity index (χ2n) is 3.99. The molecule has 4 heteroatoms. The zero-order valence-electron chi connectivity index (χ0n) is 10.2. The lowest BCUT2D eigenvalue weighted by molar-refractivity contribution is 0.277. The molecule has 0 aliphatic carbocycles. The van der Waals surface area contributed by atoms with Gasteiger partial charge < -0.3 is 4.74 Å². The van der Waals surface area contributed by atoms with Crippen molar-refractivity contribution >= 4 is 11.6 Å². The maximum absolute atomic E-state index is 13.6. The summed E-state index contributed by atoms with van der Waals surface area (Å²) in [5, 5.41) is 0. The van der Waals surface area contributed by atoms with Gasteiger partial charge in [-0.05, 0) is 12.5 Å². The van der Waals surface area contributed by atoms with Gasteiger partial charge in [-0.25, -0.2) is 9.37 Å². The van der Waals surface area contributed by atoms with E-state index in [2.05, 4.69) is 11.9 Å². The summed E-state index contributed by atoms with van der Waals surface area (Å²) in [6.45, 7) is 2.69. The van der Waals surface area contributed by atoms with E-state index in [-0.39, 0.29) is 11.8 Å². The average Bonchev–Trinajstić information content (AvgIpc) is 2.35. The van der Waals surface area contributed by atoms with E-state index in [9.17, 15) is 4.39 Å². The van der Waals surface area contributed by atoms with Crippen LogP contribution in [0.15, 0.2) is 12.3 Å². The molecule has 0 bridgehead atoms. The molecular weight excluding hydrogens is 241 g/mol. The van der Waals surface area contributed by atoms with E-state index in [4.69, 9.17) is 16.3 Å². The summed E-state index contributed by atoms with van der Waals surface area (Å²) < 4.78 is 18.9. The number of halogens is 2. The van der Waals surface area contributed by atoms with Crippen LogP contribution in [-0.2, 0) is 5.88 Å². The lowest BCUT2D eigenvalue weighted by atomic mass is 10.2. The maximum atomic E-state index is 13.6. The van der Waals surface area contributed by atoms with Crippen LogP contribution in [0.1, 0.15) is 44.6 Å². The summed E-state index contributed by atoms with van der Waals surface area (Å²) in [7, 11) is 0. The van der Waals surface area contributed by atoms with Crippen molar-refractivity contribution in [3.8, 4) is 5.88 Å². The summed E-state index contributed by atoms with van der Waals surface area (Å²) in [5.74, 6) is -0.226. The first-order valence-corrected chi connectivity index (χ1v) is 6.65. The predicted molar refractivity (Wildman–Crippen MR) is 68.0 cm³/mol. The number of nitrogens with zero attached hydrogens (tertiary/aromatic N) is 1. The molecule has 0 N–H and O–H groups in total. The van der Waals surface area contributed by atoms with E-state index in [1.165, 1.54) is 25.5 Å². The highest BCUT2D eigenvalue weighted by molar-refractivity contribution is 6.17. The highest BCUT2D eigenvalue weighted by Gasteiger charge is 2.09. The van der Waals surface area contributed by atoms with E-state index in [0.29, 0.717) is 12.2 Å². The Morgan fingerprint density at radius 3 is 2.76 bits per heavy atom. The molecule has 96 valence electrons. The predicted octanol–water partition coefficient (Wildman–Crippen LogP) is 4.31. The van der Waals surface area contributed by atoms with Gasteiger partial charge in [0.25, 0.3) is 5.88 Å². The van der Waals surface area contributed by atoms with Crippen LogP contribution in [0.3, 0.4) is 0 Å². The number of pyridine rings is 1. The van der Waals surface area contributed by atoms with Gasteiger partial charge in [0.05, 0.1) is 12.5 Å². The van der Waals surface area contributed by atoms with Crippen LogP contribution in [0.4, 0.5) is 4.39 Å². The van der Waals surface area contributed by atoms with Gasteiger partial charge >= 0.3 is 0 Å². The molecule has 17 heavy (non-hydrogen) atoms. The van der Waals surface area contributed by atoms with E-state index in [1.807, 2.05) is 0 Å². The Morgan fingerprint density at radius 1 is 1.29 bits per heavy atom. The molecule has 1 aromatic rings. The number of aromatic nitrogens is 1. The molecule has 0 spiro atoms. The molecule has 0 unspecified atom stereocenters. The molecule has 0 saturated carbocycles. The van der Waals surface area contributed by atoms with E-state index < -0.39 is 5.82 Å². The summed E-state index contributed by atoms with van der Waals surface area (Å²) in [6.07, 6.45) is 7.24. The summed E-state index contributed by atoms with van der Waals surface area (Å²) in [5.41, 5.74) is 0.433. The number of hydrogen-bond donors (Lipinski definition) is 0. The van der Waals surface area contributed by atoms with E-state index in [0.717, 1.165) is 12.8 Å². The van der Waals surface area contributed by atoms with Crippen molar-refractivity contribution in [2.45, 2.75) is 44.9 Å². The van der Waals surface area contributed by atoms with Crippen molar-refractivity contribution in [1.29, 1.82) is 0 Å². The van der Waals surface area contributed by atoms with Crippen molar-refractivity contribution in [2.75, 3.05) is 6.61 Å². The van der Waals surface area contributed by atoms with Gasteiger partial charge in [-0.2, -0.15) is 0 Å². The molecule has 0 saturated heterocycles. The molecule has 0 aliphatic rings. The molecule has 0 radical (unpaired) electrons. The van der Waals surface area contributed by atoms with Crippen molar-refractivity contribution < 1.29 is 9.13 Å². The van der Waals surface area contributed by atoms with Crippen LogP contribution in [0.2, 0.25) is 0 Å². The SMILES string of the molecule is CCCCCCCOc1nccc(CCl)c1F. The third-order valence-electron chi connectivity index (χ3n) is 2.57. The molecule has 1 rings (SSSR count). The molecular formula is C13H19ClFNO. The van der Waals surface area contributed by atoms with Gasteiger partial charge in [-0.15, -0.1) is 11.6 Å². The molecule has 0 amide bonds. The first kappa shape index (κ1) is 14.2. The fraction of sp³-hybridized carbons (Fsp3) is 0.615. The third kappa shape index (κ3) is 4.90. The Kier molecular flexibility index (Phi) is 6.94. The van der Waals surface area contributed by atoms with Crippen molar-refractivity contribution in [1.82, 2.24) is 4.98 Å².